The van der Waals surface area contributed by atoms with Crippen LogP contribution in [0.15, 0.2) is 24.3 Å². The van der Waals surface area contributed by atoms with Gasteiger partial charge in [0.2, 0.25) is 6.79 Å². The van der Waals surface area contributed by atoms with E-state index in [1.807, 2.05) is 0 Å². The molecule has 0 atom stereocenters. The van der Waals surface area contributed by atoms with Gasteiger partial charge >= 0.3 is 39.5 Å². The van der Waals surface area contributed by atoms with E-state index in [2.05, 4.69) is 14.2 Å². The average Bonchev–Trinajstić information content (AvgIpc) is 2.81. The smallest absolute Gasteiger partial charge is 0.478 e. The summed E-state index contributed by atoms with van der Waals surface area (Å²) in [5.41, 5.74) is -2.83. The maximum Gasteiger partial charge on any atom is 0.478 e. The summed E-state index contributed by atoms with van der Waals surface area (Å²) < 4.78 is 68.8. The molecule has 0 aliphatic heterocycles. The van der Waals surface area contributed by atoms with E-state index in [0.29, 0.717) is 6.08 Å². The molecular weight excluding hydrogens is 690 g/mol. The third-order valence-corrected chi connectivity index (χ3v) is 7.49. The summed E-state index contributed by atoms with van der Waals surface area (Å²) in [7, 11) is -5.20. The van der Waals surface area contributed by atoms with Crippen LogP contribution in [0.25, 0.3) is 0 Å². The van der Waals surface area contributed by atoms with Crippen molar-refractivity contribution in [2.45, 2.75) is 105 Å². The van der Waals surface area contributed by atoms with Crippen LogP contribution in [0.2, 0.25) is 0 Å². The third-order valence-electron chi connectivity index (χ3n) is 3.28. The maximum absolute atomic E-state index is 12.6. The summed E-state index contributed by atoms with van der Waals surface area (Å²) in [6.07, 6.45) is 3.29. The Morgan fingerprint density at radius 3 is 1.15 bits per heavy atom. The van der Waals surface area contributed by atoms with Gasteiger partial charge in [-0.25, -0.2) is 32.8 Å². The number of methoxy groups -OCH3 is 2. The zero-order chi connectivity index (χ0) is 37.9. The molecule has 0 spiro atoms. The van der Waals surface area contributed by atoms with Crippen molar-refractivity contribution in [3.05, 3.63) is 24.3 Å². The first-order valence-corrected chi connectivity index (χ1v) is 17.2. The van der Waals surface area contributed by atoms with Gasteiger partial charge in [0.25, 0.3) is 0 Å². The lowest BCUT2D eigenvalue weighted by Crippen LogP contribution is -2.25. The van der Waals surface area contributed by atoms with Gasteiger partial charge in [-0.1, -0.05) is 11.6 Å². The molecule has 1 N–H and O–H groups in total. The van der Waals surface area contributed by atoms with E-state index in [1.165, 1.54) is 14.2 Å². The van der Waals surface area contributed by atoms with Crippen molar-refractivity contribution in [1.82, 2.24) is 0 Å². The highest BCUT2D eigenvalue weighted by Crippen LogP contribution is 2.56. The number of hydrogen-bond donors (Lipinski definition) is 1. The molecule has 276 valence electrons. The first-order chi connectivity index (χ1) is 20.9. The Morgan fingerprint density at radius 1 is 0.574 bits per heavy atom. The molecule has 0 heterocycles. The van der Waals surface area contributed by atoms with Crippen LogP contribution in [0.1, 0.15) is 83.1 Å². The number of aliphatic carboxylic acids is 1. The summed E-state index contributed by atoms with van der Waals surface area (Å²) in [4.78, 5) is 42.1. The van der Waals surface area contributed by atoms with Crippen molar-refractivity contribution in [2.24, 2.45) is 0 Å². The van der Waals surface area contributed by atoms with E-state index in [4.69, 9.17) is 43.8 Å². The van der Waals surface area contributed by atoms with E-state index in [9.17, 15) is 28.3 Å². The molecule has 0 amide bonds. The van der Waals surface area contributed by atoms with Crippen LogP contribution in [-0.4, -0.2) is 78.5 Å². The number of halogens is 1. The molecule has 47 heavy (non-hydrogen) atoms. The Kier molecular flexibility index (Phi) is 22.8. The molecule has 0 aliphatic carbocycles. The number of alkyl halides is 1. The molecule has 0 saturated carbocycles. The Balaban J connectivity index is -0.000000688. The number of carboxylic acid groups (broad SMARTS) is 1. The molecule has 0 aromatic heterocycles. The molecule has 0 unspecified atom stereocenters. The summed E-state index contributed by atoms with van der Waals surface area (Å²) >= 11 is 5.39. The van der Waals surface area contributed by atoms with E-state index < -0.39 is 68.7 Å². The molecule has 0 aromatic rings. The molecule has 0 radical (unpaired) electrons. The molecule has 0 rings (SSSR count). The van der Waals surface area contributed by atoms with Gasteiger partial charge in [-0.3, -0.25) is 22.6 Å². The topological polar surface area (TPSA) is 206 Å². The lowest BCUT2D eigenvalue weighted by molar-refractivity contribution is -0.146. The van der Waals surface area contributed by atoms with Crippen LogP contribution in [-0.2, 0) is 69.7 Å². The minimum Gasteiger partial charge on any atom is -0.478 e. The lowest BCUT2D eigenvalue weighted by atomic mass is 10.2. The first kappa shape index (κ1) is 49.3. The second kappa shape index (κ2) is 21.8. The van der Waals surface area contributed by atoms with Crippen LogP contribution in [0, 0.1) is 0 Å². The fraction of sp³-hybridized carbons (Fsp3) is 0.714. The van der Waals surface area contributed by atoms with Crippen LogP contribution in [0.5, 0.6) is 0 Å². The van der Waals surface area contributed by atoms with Crippen molar-refractivity contribution in [3.8, 4) is 0 Å². The number of phosphoric ester groups is 2. The lowest BCUT2D eigenvalue weighted by Gasteiger charge is -2.30. The Labute approximate surface area is 282 Å². The average molecular weight is 741 g/mol. The predicted octanol–water partition coefficient (Wildman–Crippen LogP) is 6.71. The van der Waals surface area contributed by atoms with Crippen molar-refractivity contribution >= 4 is 51.1 Å². The summed E-state index contributed by atoms with van der Waals surface area (Å²) in [6.45, 7) is 20.0. The van der Waals surface area contributed by atoms with Crippen LogP contribution in [0.3, 0.4) is 0 Å². The molecule has 0 aliphatic rings. The Bertz CT molecular complexity index is 1100. The van der Waals surface area contributed by atoms with Crippen LogP contribution >= 0.6 is 27.2 Å². The number of ether oxygens (including phenoxy) is 3. The molecule has 16 nitrogen and oxygen atoms in total. The second-order valence-corrected chi connectivity index (χ2v) is 16.0. The summed E-state index contributed by atoms with van der Waals surface area (Å²) in [6, 6.07) is -0.233. The Hall–Kier alpha value is -2.13. The van der Waals surface area contributed by atoms with Crippen molar-refractivity contribution in [2.75, 3.05) is 27.1 Å². The van der Waals surface area contributed by atoms with Gasteiger partial charge in [0.15, 0.2) is 0 Å². The standard InChI is InChI=1S/C14H25O8P.C9H20ClO4P.C5H6O4/c1-13(2,3)21-23(17,22-14(4,5)6)20-10-19-12(16)9-8-11(15)18-7;1-8(2,3)13-15(11,12-7-10)14-9(4,5)6;1-9-5(8)3-2-4(6)7/h8-9H,10H2,1-7H3;7H2,1-6H3;2-3H,1H3,(H,6,7)/b9-8+;;3-2+. The van der Waals surface area contributed by atoms with Crippen molar-refractivity contribution in [1.29, 1.82) is 0 Å². The molecule has 19 heteroatoms. The first-order valence-electron chi connectivity index (χ1n) is 13.7. The third kappa shape index (κ3) is 35.0. The predicted molar refractivity (Wildman–Crippen MR) is 172 cm³/mol. The maximum atomic E-state index is 12.6. The van der Waals surface area contributed by atoms with Gasteiger partial charge in [0, 0.05) is 24.3 Å². The minimum atomic E-state index is -3.96. The molecule has 0 bridgehead atoms. The van der Waals surface area contributed by atoms with E-state index >= 15 is 0 Å². The van der Waals surface area contributed by atoms with Crippen LogP contribution in [0.4, 0.5) is 0 Å². The SMILES string of the molecule is CC(C)(C)OP(=O)(OCCl)OC(C)(C)C.COC(=O)/C=C/C(=O)O.COC(=O)/C=C/C(=O)OCOP(=O)(OC(C)(C)C)OC(C)(C)C. The second-order valence-electron chi connectivity index (χ2n) is 12.7. The highest BCUT2D eigenvalue weighted by atomic mass is 35.5. The van der Waals surface area contributed by atoms with Crippen molar-refractivity contribution < 1.29 is 74.8 Å². The number of phosphoric acid groups is 2. The van der Waals surface area contributed by atoms with Gasteiger partial charge in [-0.2, -0.15) is 0 Å². The van der Waals surface area contributed by atoms with Crippen LogP contribution < -0.4 is 0 Å². The number of rotatable bonds is 13. The highest BCUT2D eigenvalue weighted by Gasteiger charge is 2.38. The molecule has 0 fully saturated rings. The monoisotopic (exact) mass is 740 g/mol. The van der Waals surface area contributed by atoms with Gasteiger partial charge in [-0.05, 0) is 83.1 Å². The number of carbonyl (C=O) groups excluding carboxylic acids is 3. The van der Waals surface area contributed by atoms with Gasteiger partial charge in [-0.15, -0.1) is 0 Å². The fourth-order valence-corrected chi connectivity index (χ4v) is 5.78. The van der Waals surface area contributed by atoms with Crippen molar-refractivity contribution in [3.63, 3.8) is 0 Å². The number of hydrogen-bond acceptors (Lipinski definition) is 15. The molecular formula is C28H51ClO16P2. The molecule has 0 aromatic carbocycles. The summed E-state index contributed by atoms with van der Waals surface area (Å²) in [5, 5.41) is 7.96. The number of esters is 3. The Morgan fingerprint density at radius 2 is 0.872 bits per heavy atom. The zero-order valence-electron chi connectivity index (χ0n) is 29.6. The van der Waals surface area contributed by atoms with Gasteiger partial charge < -0.3 is 19.3 Å². The number of carboxylic acids is 1. The molecule has 0 saturated heterocycles. The number of carbonyl (C=O) groups is 4. The van der Waals surface area contributed by atoms with Gasteiger partial charge in [0.05, 0.1) is 36.6 Å². The fourth-order valence-electron chi connectivity index (χ4n) is 2.15. The van der Waals surface area contributed by atoms with Gasteiger partial charge in [0.1, 0.15) is 6.07 Å². The van der Waals surface area contributed by atoms with E-state index in [1.54, 1.807) is 83.1 Å². The minimum absolute atomic E-state index is 0.233. The largest absolute Gasteiger partial charge is 0.478 e. The van der Waals surface area contributed by atoms with E-state index in [-0.39, 0.29) is 6.07 Å². The van der Waals surface area contributed by atoms with E-state index in [0.717, 1.165) is 18.2 Å². The normalized spacial score (nSPS) is 12.8. The summed E-state index contributed by atoms with van der Waals surface area (Å²) in [5.74, 6) is -3.41. The zero-order valence-corrected chi connectivity index (χ0v) is 32.1. The quantitative estimate of drug-likeness (QED) is 0.0520. The highest BCUT2D eigenvalue weighted by molar-refractivity contribution is 7.48.